The molecule has 1 heterocycles. The van der Waals surface area contributed by atoms with E-state index < -0.39 is 5.97 Å². The molecule has 0 bridgehead atoms. The molecular formula is C20H19NO5. The zero-order valence-electron chi connectivity index (χ0n) is 14.6. The standard InChI is InChI=1S/C20H19NO5/c1-3-25-20(23)19-18(15-6-4-5-7-16(15)26-19)21-17(22)12-13-8-10-14(24-2)11-9-13/h4-11H,3,12H2,1-2H3,(H,21,22). The summed E-state index contributed by atoms with van der Waals surface area (Å²) in [5.41, 5.74) is 1.67. The molecule has 0 atom stereocenters. The van der Waals surface area contributed by atoms with E-state index in [1.807, 2.05) is 18.2 Å². The summed E-state index contributed by atoms with van der Waals surface area (Å²) >= 11 is 0. The maximum Gasteiger partial charge on any atom is 0.376 e. The van der Waals surface area contributed by atoms with Gasteiger partial charge in [-0.1, -0.05) is 24.3 Å². The number of furan rings is 1. The molecule has 0 saturated carbocycles. The van der Waals surface area contributed by atoms with E-state index in [2.05, 4.69) is 5.32 Å². The number of nitrogens with one attached hydrogen (secondary N) is 1. The van der Waals surface area contributed by atoms with E-state index in [0.717, 1.165) is 11.3 Å². The normalized spacial score (nSPS) is 10.5. The minimum atomic E-state index is -0.608. The smallest absolute Gasteiger partial charge is 0.376 e. The zero-order chi connectivity index (χ0) is 18.5. The second-order valence-corrected chi connectivity index (χ2v) is 5.60. The predicted molar refractivity (Wildman–Crippen MR) is 97.5 cm³/mol. The molecule has 6 heteroatoms. The fraction of sp³-hybridized carbons (Fsp3) is 0.200. The molecule has 0 aliphatic rings. The van der Waals surface area contributed by atoms with Gasteiger partial charge in [0.2, 0.25) is 11.7 Å². The number of carbonyl (C=O) groups is 2. The van der Waals surface area contributed by atoms with Gasteiger partial charge in [-0.15, -0.1) is 0 Å². The third-order valence-electron chi connectivity index (χ3n) is 3.84. The van der Waals surface area contributed by atoms with Gasteiger partial charge >= 0.3 is 5.97 Å². The molecule has 0 saturated heterocycles. The highest BCUT2D eigenvalue weighted by Crippen LogP contribution is 2.31. The second kappa shape index (κ2) is 7.74. The molecular weight excluding hydrogens is 334 g/mol. The van der Waals surface area contributed by atoms with Gasteiger partial charge in [0.05, 0.1) is 20.1 Å². The van der Waals surface area contributed by atoms with Gasteiger partial charge in [0.1, 0.15) is 17.0 Å². The molecule has 2 aromatic carbocycles. The molecule has 134 valence electrons. The van der Waals surface area contributed by atoms with Crippen molar-refractivity contribution >= 4 is 28.5 Å². The van der Waals surface area contributed by atoms with Crippen molar-refractivity contribution in [2.45, 2.75) is 13.3 Å². The van der Waals surface area contributed by atoms with Crippen LogP contribution in [0, 0.1) is 0 Å². The number of esters is 1. The van der Waals surface area contributed by atoms with Crippen molar-refractivity contribution in [3.05, 3.63) is 59.9 Å². The summed E-state index contributed by atoms with van der Waals surface area (Å²) in [6.45, 7) is 1.93. The molecule has 0 radical (unpaired) electrons. The van der Waals surface area contributed by atoms with Crippen LogP contribution in [0.3, 0.4) is 0 Å². The number of methoxy groups -OCH3 is 1. The maximum absolute atomic E-state index is 12.5. The Balaban J connectivity index is 1.85. The van der Waals surface area contributed by atoms with Crippen LogP contribution in [-0.2, 0) is 16.0 Å². The number of hydrogen-bond donors (Lipinski definition) is 1. The monoisotopic (exact) mass is 353 g/mol. The molecule has 0 fully saturated rings. The topological polar surface area (TPSA) is 77.8 Å². The van der Waals surface area contributed by atoms with Gasteiger partial charge in [0.15, 0.2) is 0 Å². The van der Waals surface area contributed by atoms with Gasteiger partial charge in [0, 0.05) is 5.39 Å². The van der Waals surface area contributed by atoms with Gasteiger partial charge < -0.3 is 19.2 Å². The van der Waals surface area contributed by atoms with Gasteiger partial charge in [-0.25, -0.2) is 4.79 Å². The lowest BCUT2D eigenvalue weighted by Crippen LogP contribution is -2.16. The van der Waals surface area contributed by atoms with E-state index in [1.165, 1.54) is 0 Å². The molecule has 0 aliphatic carbocycles. The summed E-state index contributed by atoms with van der Waals surface area (Å²) in [6.07, 6.45) is 0.158. The lowest BCUT2D eigenvalue weighted by molar-refractivity contribution is -0.115. The zero-order valence-corrected chi connectivity index (χ0v) is 14.6. The lowest BCUT2D eigenvalue weighted by Gasteiger charge is -2.07. The van der Waals surface area contributed by atoms with Crippen LogP contribution in [0.15, 0.2) is 52.9 Å². The van der Waals surface area contributed by atoms with Gasteiger partial charge in [-0.3, -0.25) is 4.79 Å². The first-order chi connectivity index (χ1) is 12.6. The van der Waals surface area contributed by atoms with Crippen LogP contribution in [-0.4, -0.2) is 25.6 Å². The molecule has 0 aliphatic heterocycles. The Morgan fingerprint density at radius 1 is 1.08 bits per heavy atom. The van der Waals surface area contributed by atoms with Crippen molar-refractivity contribution in [3.8, 4) is 5.75 Å². The molecule has 0 unspecified atom stereocenters. The number of hydrogen-bond acceptors (Lipinski definition) is 5. The summed E-state index contributed by atoms with van der Waals surface area (Å²) in [5.74, 6) is -0.147. The molecule has 1 N–H and O–H groups in total. The highest BCUT2D eigenvalue weighted by Gasteiger charge is 2.23. The van der Waals surface area contributed by atoms with E-state index in [1.54, 1.807) is 44.4 Å². The molecule has 1 amide bonds. The van der Waals surface area contributed by atoms with Gasteiger partial charge in [-0.2, -0.15) is 0 Å². The quantitative estimate of drug-likeness (QED) is 0.682. The summed E-state index contributed by atoms with van der Waals surface area (Å²) in [4.78, 5) is 24.6. The lowest BCUT2D eigenvalue weighted by atomic mass is 10.1. The highest BCUT2D eigenvalue weighted by molar-refractivity contribution is 6.09. The third kappa shape index (κ3) is 3.69. The summed E-state index contributed by atoms with van der Waals surface area (Å²) in [5, 5.41) is 3.44. The van der Waals surface area contributed by atoms with Crippen molar-refractivity contribution in [3.63, 3.8) is 0 Å². The largest absolute Gasteiger partial charge is 0.497 e. The fourth-order valence-electron chi connectivity index (χ4n) is 2.62. The van der Waals surface area contributed by atoms with Crippen LogP contribution < -0.4 is 10.1 Å². The average Bonchev–Trinajstić information content (AvgIpc) is 3.01. The first kappa shape index (κ1) is 17.5. The molecule has 6 nitrogen and oxygen atoms in total. The predicted octanol–water partition coefficient (Wildman–Crippen LogP) is 3.80. The van der Waals surface area contributed by atoms with Crippen molar-refractivity contribution in [2.75, 3.05) is 19.0 Å². The molecule has 3 aromatic rings. The molecule has 3 rings (SSSR count). The minimum Gasteiger partial charge on any atom is -0.497 e. The number of amides is 1. The Morgan fingerprint density at radius 2 is 1.81 bits per heavy atom. The van der Waals surface area contributed by atoms with E-state index >= 15 is 0 Å². The fourth-order valence-corrected chi connectivity index (χ4v) is 2.62. The van der Waals surface area contributed by atoms with Crippen LogP contribution in [0.1, 0.15) is 23.0 Å². The average molecular weight is 353 g/mol. The van der Waals surface area contributed by atoms with Crippen LogP contribution in [0.5, 0.6) is 5.75 Å². The number of rotatable bonds is 6. The van der Waals surface area contributed by atoms with E-state index in [-0.39, 0.29) is 24.7 Å². The minimum absolute atomic E-state index is 0.00358. The number of carbonyl (C=O) groups excluding carboxylic acids is 2. The van der Waals surface area contributed by atoms with Crippen molar-refractivity contribution in [1.29, 1.82) is 0 Å². The molecule has 1 aromatic heterocycles. The Hall–Kier alpha value is -3.28. The van der Waals surface area contributed by atoms with Crippen LogP contribution in [0.2, 0.25) is 0 Å². The molecule has 0 spiro atoms. The van der Waals surface area contributed by atoms with Crippen LogP contribution in [0.25, 0.3) is 11.0 Å². The number of benzene rings is 2. The van der Waals surface area contributed by atoms with Crippen molar-refractivity contribution in [2.24, 2.45) is 0 Å². The van der Waals surface area contributed by atoms with Gasteiger partial charge in [0.25, 0.3) is 0 Å². The van der Waals surface area contributed by atoms with E-state index in [0.29, 0.717) is 16.7 Å². The van der Waals surface area contributed by atoms with Gasteiger partial charge in [-0.05, 0) is 36.8 Å². The SMILES string of the molecule is CCOC(=O)c1oc2ccccc2c1NC(=O)Cc1ccc(OC)cc1. The maximum atomic E-state index is 12.5. The Kier molecular flexibility index (Phi) is 5.22. The number of ether oxygens (including phenoxy) is 2. The number of anilines is 1. The Bertz CT molecular complexity index is 927. The van der Waals surface area contributed by atoms with Crippen molar-refractivity contribution < 1.29 is 23.5 Å². The summed E-state index contributed by atoms with van der Waals surface area (Å²) < 4.78 is 15.7. The Labute approximate surface area is 150 Å². The van der Waals surface area contributed by atoms with Crippen LogP contribution in [0.4, 0.5) is 5.69 Å². The van der Waals surface area contributed by atoms with E-state index in [9.17, 15) is 9.59 Å². The first-order valence-corrected chi connectivity index (χ1v) is 8.23. The highest BCUT2D eigenvalue weighted by atomic mass is 16.5. The number of fused-ring (bicyclic) bond motifs is 1. The molecule has 26 heavy (non-hydrogen) atoms. The van der Waals surface area contributed by atoms with E-state index in [4.69, 9.17) is 13.9 Å². The number of para-hydroxylation sites is 1. The summed E-state index contributed by atoms with van der Waals surface area (Å²) in [6, 6.07) is 14.3. The summed E-state index contributed by atoms with van der Waals surface area (Å²) in [7, 11) is 1.59. The second-order valence-electron chi connectivity index (χ2n) is 5.60. The Morgan fingerprint density at radius 3 is 2.50 bits per heavy atom. The third-order valence-corrected chi connectivity index (χ3v) is 3.84. The first-order valence-electron chi connectivity index (χ1n) is 8.23. The van der Waals surface area contributed by atoms with Crippen LogP contribution >= 0.6 is 0 Å². The van der Waals surface area contributed by atoms with Crippen molar-refractivity contribution in [1.82, 2.24) is 0 Å².